The number of nitro groups is 1. The highest BCUT2D eigenvalue weighted by Gasteiger charge is 2.13. The molecule has 0 aliphatic rings. The van der Waals surface area contributed by atoms with Crippen molar-refractivity contribution in [1.29, 1.82) is 0 Å². The van der Waals surface area contributed by atoms with Gasteiger partial charge in [-0.25, -0.2) is 4.68 Å². The van der Waals surface area contributed by atoms with E-state index in [1.807, 2.05) is 19.9 Å². The zero-order valence-electron chi connectivity index (χ0n) is 10.1. The highest BCUT2D eigenvalue weighted by molar-refractivity contribution is 5.48. The van der Waals surface area contributed by atoms with E-state index in [-0.39, 0.29) is 12.3 Å². The summed E-state index contributed by atoms with van der Waals surface area (Å²) in [6, 6.07) is 6.28. The van der Waals surface area contributed by atoms with Gasteiger partial charge in [-0.1, -0.05) is 0 Å². The third-order valence-corrected chi connectivity index (χ3v) is 2.68. The van der Waals surface area contributed by atoms with Crippen LogP contribution in [0.15, 0.2) is 24.3 Å². The second-order valence-corrected chi connectivity index (χ2v) is 4.07. The van der Waals surface area contributed by atoms with E-state index in [2.05, 4.69) is 5.10 Å². The van der Waals surface area contributed by atoms with Gasteiger partial charge in [0.2, 0.25) is 0 Å². The monoisotopic (exact) mass is 247 g/mol. The fraction of sp³-hybridized carbons (Fsp3) is 0.250. The van der Waals surface area contributed by atoms with Crippen LogP contribution in [0.4, 0.5) is 5.69 Å². The van der Waals surface area contributed by atoms with Crippen molar-refractivity contribution >= 4 is 5.69 Å². The van der Waals surface area contributed by atoms with Gasteiger partial charge in [0.1, 0.15) is 0 Å². The number of aliphatic hydroxyl groups excluding tert-OH is 1. The minimum Gasteiger partial charge on any atom is -0.392 e. The molecular weight excluding hydrogens is 234 g/mol. The van der Waals surface area contributed by atoms with Crippen LogP contribution in [0.3, 0.4) is 0 Å². The first-order valence-corrected chi connectivity index (χ1v) is 5.44. The summed E-state index contributed by atoms with van der Waals surface area (Å²) in [5.41, 5.74) is 2.87. The van der Waals surface area contributed by atoms with Crippen LogP contribution in [-0.2, 0) is 6.61 Å². The zero-order chi connectivity index (χ0) is 13.3. The number of benzene rings is 1. The summed E-state index contributed by atoms with van der Waals surface area (Å²) in [7, 11) is 0. The van der Waals surface area contributed by atoms with E-state index in [4.69, 9.17) is 0 Å². The number of aromatic nitrogens is 2. The van der Waals surface area contributed by atoms with Gasteiger partial charge in [-0.15, -0.1) is 0 Å². The van der Waals surface area contributed by atoms with Crippen LogP contribution < -0.4 is 0 Å². The number of aryl methyl sites for hydroxylation is 2. The van der Waals surface area contributed by atoms with Crippen LogP contribution in [0.2, 0.25) is 0 Å². The Labute approximate surface area is 104 Å². The molecule has 0 radical (unpaired) electrons. The number of nitrogens with zero attached hydrogens (tertiary/aromatic N) is 3. The van der Waals surface area contributed by atoms with Gasteiger partial charge in [0.05, 0.1) is 22.9 Å². The molecule has 0 unspecified atom stereocenters. The molecule has 0 saturated heterocycles. The largest absolute Gasteiger partial charge is 0.392 e. The van der Waals surface area contributed by atoms with Crippen molar-refractivity contribution in [1.82, 2.24) is 9.78 Å². The second kappa shape index (κ2) is 4.58. The lowest BCUT2D eigenvalue weighted by Crippen LogP contribution is -2.04. The molecule has 1 aromatic carbocycles. The van der Waals surface area contributed by atoms with Crippen molar-refractivity contribution in [3.05, 3.63) is 51.3 Å². The van der Waals surface area contributed by atoms with Crippen LogP contribution in [0, 0.1) is 24.0 Å². The number of hydrogen-bond donors (Lipinski definition) is 1. The molecule has 1 heterocycles. The number of nitro benzene ring substituents is 1. The van der Waals surface area contributed by atoms with Crippen molar-refractivity contribution in [2.45, 2.75) is 20.5 Å². The van der Waals surface area contributed by atoms with Crippen molar-refractivity contribution in [3.8, 4) is 5.69 Å². The Bertz CT molecular complexity index is 605. The van der Waals surface area contributed by atoms with E-state index in [1.54, 1.807) is 10.7 Å². The minimum atomic E-state index is -0.482. The smallest absolute Gasteiger partial charge is 0.269 e. The van der Waals surface area contributed by atoms with E-state index in [9.17, 15) is 15.2 Å². The summed E-state index contributed by atoms with van der Waals surface area (Å²) >= 11 is 0. The van der Waals surface area contributed by atoms with Gasteiger partial charge >= 0.3 is 0 Å². The molecule has 2 aromatic rings. The molecule has 6 heteroatoms. The maximum Gasteiger partial charge on any atom is 0.269 e. The zero-order valence-corrected chi connectivity index (χ0v) is 10.1. The fourth-order valence-corrected chi connectivity index (χ4v) is 1.89. The third-order valence-electron chi connectivity index (χ3n) is 2.68. The van der Waals surface area contributed by atoms with E-state index >= 15 is 0 Å². The first-order valence-electron chi connectivity index (χ1n) is 5.44. The van der Waals surface area contributed by atoms with Crippen LogP contribution in [0.5, 0.6) is 0 Å². The SMILES string of the molecule is Cc1cc(C)n(-c2ccc([N+](=O)[O-])cc2CO)n1. The molecule has 0 atom stereocenters. The Balaban J connectivity index is 2.58. The molecule has 0 saturated carbocycles. The number of hydrogen-bond acceptors (Lipinski definition) is 4. The average Bonchev–Trinajstić information content (AvgIpc) is 2.67. The summed E-state index contributed by atoms with van der Waals surface area (Å²) < 4.78 is 1.67. The molecule has 0 amide bonds. The average molecular weight is 247 g/mol. The molecule has 6 nitrogen and oxygen atoms in total. The van der Waals surface area contributed by atoms with Crippen LogP contribution in [0.25, 0.3) is 5.69 Å². The predicted molar refractivity (Wildman–Crippen MR) is 65.6 cm³/mol. The number of rotatable bonds is 3. The summed E-state index contributed by atoms with van der Waals surface area (Å²) in [5.74, 6) is 0. The Morgan fingerprint density at radius 2 is 2.11 bits per heavy atom. The lowest BCUT2D eigenvalue weighted by atomic mass is 10.1. The molecule has 2 rings (SSSR count). The van der Waals surface area contributed by atoms with Gasteiger partial charge < -0.3 is 5.11 Å². The van der Waals surface area contributed by atoms with Crippen molar-refractivity contribution in [2.24, 2.45) is 0 Å². The highest BCUT2D eigenvalue weighted by atomic mass is 16.6. The lowest BCUT2D eigenvalue weighted by Gasteiger charge is -2.09. The first kappa shape index (κ1) is 12.3. The molecule has 94 valence electrons. The van der Waals surface area contributed by atoms with Crippen molar-refractivity contribution in [3.63, 3.8) is 0 Å². The molecule has 0 fully saturated rings. The van der Waals surface area contributed by atoms with Crippen molar-refractivity contribution in [2.75, 3.05) is 0 Å². The summed E-state index contributed by atoms with van der Waals surface area (Å²) in [6.45, 7) is 3.49. The third kappa shape index (κ3) is 2.10. The Morgan fingerprint density at radius 1 is 1.39 bits per heavy atom. The van der Waals surface area contributed by atoms with Gasteiger partial charge in [0.25, 0.3) is 5.69 Å². The van der Waals surface area contributed by atoms with Gasteiger partial charge in [0, 0.05) is 23.4 Å². The lowest BCUT2D eigenvalue weighted by molar-refractivity contribution is -0.384. The maximum atomic E-state index is 10.7. The maximum absolute atomic E-state index is 10.7. The first-order chi connectivity index (χ1) is 8.52. The predicted octanol–water partition coefficient (Wildman–Crippen LogP) is 1.89. The van der Waals surface area contributed by atoms with Gasteiger partial charge in [-0.05, 0) is 26.0 Å². The summed E-state index contributed by atoms with van der Waals surface area (Å²) in [4.78, 5) is 10.2. The molecular formula is C12H13N3O3. The van der Waals surface area contributed by atoms with Crippen molar-refractivity contribution < 1.29 is 10.0 Å². The second-order valence-electron chi connectivity index (χ2n) is 4.07. The van der Waals surface area contributed by atoms with Crippen LogP contribution in [-0.4, -0.2) is 19.8 Å². The molecule has 0 aliphatic heterocycles. The highest BCUT2D eigenvalue weighted by Crippen LogP contribution is 2.22. The van der Waals surface area contributed by atoms with E-state index in [1.165, 1.54) is 12.1 Å². The summed E-state index contributed by atoms with van der Waals surface area (Å²) in [5, 5.41) is 24.3. The van der Waals surface area contributed by atoms with Gasteiger partial charge in [-0.2, -0.15) is 5.10 Å². The Morgan fingerprint density at radius 3 is 2.61 bits per heavy atom. The van der Waals surface area contributed by atoms with Crippen LogP contribution >= 0.6 is 0 Å². The summed E-state index contributed by atoms with van der Waals surface area (Å²) in [6.07, 6.45) is 0. The number of non-ortho nitro benzene ring substituents is 1. The molecule has 18 heavy (non-hydrogen) atoms. The van der Waals surface area contributed by atoms with E-state index < -0.39 is 4.92 Å². The normalized spacial score (nSPS) is 10.6. The molecule has 0 aliphatic carbocycles. The standard InChI is InChI=1S/C12H13N3O3/c1-8-5-9(2)14(13-8)12-4-3-11(15(17)18)6-10(12)7-16/h3-6,16H,7H2,1-2H3. The van der Waals surface area contributed by atoms with Gasteiger partial charge in [-0.3, -0.25) is 10.1 Å². The number of aliphatic hydroxyl groups is 1. The Hall–Kier alpha value is -2.21. The van der Waals surface area contributed by atoms with Crippen LogP contribution in [0.1, 0.15) is 17.0 Å². The van der Waals surface area contributed by atoms with Gasteiger partial charge in [0.15, 0.2) is 0 Å². The quantitative estimate of drug-likeness (QED) is 0.663. The molecule has 0 bridgehead atoms. The Kier molecular flexibility index (Phi) is 3.12. The fourth-order valence-electron chi connectivity index (χ4n) is 1.89. The van der Waals surface area contributed by atoms with E-state index in [0.29, 0.717) is 11.3 Å². The minimum absolute atomic E-state index is 0.0377. The topological polar surface area (TPSA) is 81.2 Å². The van der Waals surface area contributed by atoms with E-state index in [0.717, 1.165) is 11.4 Å². The molecule has 1 N–H and O–H groups in total. The molecule has 0 spiro atoms. The molecule has 1 aromatic heterocycles.